The molecule has 102 valence electrons. The first-order valence-corrected chi connectivity index (χ1v) is 7.21. The summed E-state index contributed by atoms with van der Waals surface area (Å²) in [7, 11) is 0. The minimum atomic E-state index is -0.483. The van der Waals surface area contributed by atoms with Gasteiger partial charge in [-0.05, 0) is 11.1 Å². The highest BCUT2D eigenvalue weighted by atomic mass is 79.9. The second kappa shape index (κ2) is 6.59. The molecule has 2 aromatic rings. The summed E-state index contributed by atoms with van der Waals surface area (Å²) in [6.45, 7) is -0.483. The van der Waals surface area contributed by atoms with Gasteiger partial charge in [0.25, 0.3) is 0 Å². The quantitative estimate of drug-likeness (QED) is 0.676. The molecule has 0 radical (unpaired) electrons. The molecule has 0 unspecified atom stereocenters. The van der Waals surface area contributed by atoms with E-state index >= 15 is 0 Å². The highest BCUT2D eigenvalue weighted by molar-refractivity contribution is 9.09. The van der Waals surface area contributed by atoms with Crippen LogP contribution in [0.1, 0.15) is 20.7 Å². The van der Waals surface area contributed by atoms with Gasteiger partial charge in [0.1, 0.15) is 6.61 Å². The third-order valence-electron chi connectivity index (χ3n) is 3.01. The van der Waals surface area contributed by atoms with Crippen LogP contribution in [-0.4, -0.2) is 28.6 Å². The smallest absolute Gasteiger partial charge is 0.188 e. The van der Waals surface area contributed by atoms with Crippen LogP contribution in [0.25, 0.3) is 11.1 Å². The summed E-state index contributed by atoms with van der Waals surface area (Å²) >= 11 is 3.14. The maximum Gasteiger partial charge on any atom is 0.188 e. The topological polar surface area (TPSA) is 54.4 Å². The molecule has 2 aromatic carbocycles. The third kappa shape index (κ3) is 3.21. The van der Waals surface area contributed by atoms with Gasteiger partial charge in [0.2, 0.25) is 0 Å². The Balaban J connectivity index is 2.23. The monoisotopic (exact) mass is 332 g/mol. The molecule has 0 aliphatic rings. The fraction of sp³-hybridized carbons (Fsp3) is 0.125. The van der Waals surface area contributed by atoms with Gasteiger partial charge in [0, 0.05) is 11.1 Å². The number of ketones is 2. The standard InChI is InChI=1S/C16H13BrO3/c17-9-15(19)13-5-1-11(2-6-13)12-3-7-14(8-4-12)16(20)10-18/h1-8,18H,9-10H2. The van der Waals surface area contributed by atoms with E-state index in [9.17, 15) is 9.59 Å². The van der Waals surface area contributed by atoms with Gasteiger partial charge in [0.05, 0.1) is 5.33 Å². The summed E-state index contributed by atoms with van der Waals surface area (Å²) in [5, 5.41) is 9.10. The number of carbonyl (C=O) groups is 2. The van der Waals surface area contributed by atoms with E-state index in [1.54, 1.807) is 24.3 Å². The molecule has 0 aromatic heterocycles. The SMILES string of the molecule is O=C(CO)c1ccc(-c2ccc(C(=O)CBr)cc2)cc1. The number of hydrogen-bond donors (Lipinski definition) is 1. The van der Waals surface area contributed by atoms with Crippen LogP contribution in [0.2, 0.25) is 0 Å². The van der Waals surface area contributed by atoms with Crippen molar-refractivity contribution in [3.05, 3.63) is 59.7 Å². The summed E-state index contributed by atoms with van der Waals surface area (Å²) < 4.78 is 0. The first-order chi connectivity index (χ1) is 9.65. The number of halogens is 1. The van der Waals surface area contributed by atoms with Gasteiger partial charge in [-0.25, -0.2) is 0 Å². The van der Waals surface area contributed by atoms with Crippen molar-refractivity contribution in [2.75, 3.05) is 11.9 Å². The van der Waals surface area contributed by atoms with Crippen molar-refractivity contribution in [2.24, 2.45) is 0 Å². The molecule has 20 heavy (non-hydrogen) atoms. The van der Waals surface area contributed by atoms with Crippen LogP contribution in [0.5, 0.6) is 0 Å². The van der Waals surface area contributed by atoms with Crippen LogP contribution in [0.4, 0.5) is 0 Å². The van der Waals surface area contributed by atoms with Crippen molar-refractivity contribution >= 4 is 27.5 Å². The van der Waals surface area contributed by atoms with Crippen molar-refractivity contribution in [1.82, 2.24) is 0 Å². The highest BCUT2D eigenvalue weighted by Crippen LogP contribution is 2.21. The molecule has 0 bridgehead atoms. The lowest BCUT2D eigenvalue weighted by atomic mass is 10.0. The summed E-state index contributed by atoms with van der Waals surface area (Å²) in [5.74, 6) is -0.254. The zero-order valence-corrected chi connectivity index (χ0v) is 12.3. The summed E-state index contributed by atoms with van der Waals surface area (Å²) in [5.41, 5.74) is 3.08. The molecule has 0 fully saturated rings. The predicted molar refractivity (Wildman–Crippen MR) is 81.4 cm³/mol. The van der Waals surface area contributed by atoms with Crippen molar-refractivity contribution in [1.29, 1.82) is 0 Å². The van der Waals surface area contributed by atoms with Gasteiger partial charge in [-0.1, -0.05) is 64.5 Å². The van der Waals surface area contributed by atoms with Crippen molar-refractivity contribution in [3.8, 4) is 11.1 Å². The first-order valence-electron chi connectivity index (χ1n) is 6.09. The van der Waals surface area contributed by atoms with Crippen LogP contribution in [0.3, 0.4) is 0 Å². The van der Waals surface area contributed by atoms with E-state index in [2.05, 4.69) is 15.9 Å². The van der Waals surface area contributed by atoms with E-state index in [4.69, 9.17) is 5.11 Å². The number of aliphatic hydroxyl groups is 1. The molecule has 3 nitrogen and oxygen atoms in total. The lowest BCUT2D eigenvalue weighted by Gasteiger charge is -2.04. The summed E-state index contributed by atoms with van der Waals surface area (Å²) in [6, 6.07) is 14.3. The maximum absolute atomic E-state index is 11.5. The molecule has 0 heterocycles. The van der Waals surface area contributed by atoms with Crippen LogP contribution in [0, 0.1) is 0 Å². The number of rotatable bonds is 5. The largest absolute Gasteiger partial charge is 0.388 e. The maximum atomic E-state index is 11.5. The molecule has 0 aliphatic carbocycles. The van der Waals surface area contributed by atoms with E-state index in [0.717, 1.165) is 11.1 Å². The predicted octanol–water partition coefficient (Wildman–Crippen LogP) is 3.11. The normalized spacial score (nSPS) is 10.3. The van der Waals surface area contributed by atoms with Crippen LogP contribution in [0.15, 0.2) is 48.5 Å². The Morgan fingerprint density at radius 1 is 0.800 bits per heavy atom. The zero-order valence-electron chi connectivity index (χ0n) is 10.7. The van der Waals surface area contributed by atoms with Crippen molar-refractivity contribution in [2.45, 2.75) is 0 Å². The number of aliphatic hydroxyl groups excluding tert-OH is 1. The van der Waals surface area contributed by atoms with Gasteiger partial charge in [-0.3, -0.25) is 9.59 Å². The number of hydrogen-bond acceptors (Lipinski definition) is 3. The van der Waals surface area contributed by atoms with Gasteiger partial charge in [-0.2, -0.15) is 0 Å². The average Bonchev–Trinajstić information content (AvgIpc) is 2.53. The third-order valence-corrected chi connectivity index (χ3v) is 3.52. The number of alkyl halides is 1. The molecule has 0 spiro atoms. The van der Waals surface area contributed by atoms with E-state index < -0.39 is 6.61 Å². The van der Waals surface area contributed by atoms with Crippen molar-refractivity contribution < 1.29 is 14.7 Å². The van der Waals surface area contributed by atoms with Crippen LogP contribution >= 0.6 is 15.9 Å². The van der Waals surface area contributed by atoms with Gasteiger partial charge >= 0.3 is 0 Å². The van der Waals surface area contributed by atoms with E-state index in [1.165, 1.54) is 0 Å². The molecule has 0 saturated carbocycles. The van der Waals surface area contributed by atoms with E-state index in [1.807, 2.05) is 24.3 Å². The fourth-order valence-electron chi connectivity index (χ4n) is 1.87. The Kier molecular flexibility index (Phi) is 4.82. The summed E-state index contributed by atoms with van der Waals surface area (Å²) in [6.07, 6.45) is 0. The van der Waals surface area contributed by atoms with Gasteiger partial charge in [-0.15, -0.1) is 0 Å². The Morgan fingerprint density at radius 3 is 1.55 bits per heavy atom. The molecule has 0 aliphatic heterocycles. The molecule has 2 rings (SSSR count). The van der Waals surface area contributed by atoms with Gasteiger partial charge < -0.3 is 5.11 Å². The minimum Gasteiger partial charge on any atom is -0.388 e. The second-order valence-corrected chi connectivity index (χ2v) is 4.85. The van der Waals surface area contributed by atoms with Crippen LogP contribution < -0.4 is 0 Å². The molecule has 0 amide bonds. The van der Waals surface area contributed by atoms with E-state index in [0.29, 0.717) is 16.5 Å². The molecular weight excluding hydrogens is 320 g/mol. The Bertz CT molecular complexity index is 558. The lowest BCUT2D eigenvalue weighted by Crippen LogP contribution is -2.03. The molecule has 4 heteroatoms. The Hall–Kier alpha value is -1.78. The number of carbonyl (C=O) groups excluding carboxylic acids is 2. The first kappa shape index (κ1) is 14.6. The van der Waals surface area contributed by atoms with E-state index in [-0.39, 0.29) is 11.6 Å². The minimum absolute atomic E-state index is 0.0421. The zero-order chi connectivity index (χ0) is 14.5. The van der Waals surface area contributed by atoms with Gasteiger partial charge in [0.15, 0.2) is 11.6 Å². The van der Waals surface area contributed by atoms with Crippen LogP contribution in [-0.2, 0) is 0 Å². The molecular formula is C16H13BrO3. The fourth-order valence-corrected chi connectivity index (χ4v) is 2.19. The molecule has 1 N–H and O–H groups in total. The van der Waals surface area contributed by atoms with Crippen molar-refractivity contribution in [3.63, 3.8) is 0 Å². The molecule has 0 atom stereocenters. The Labute approximate surface area is 125 Å². The molecule has 0 saturated heterocycles. The average molecular weight is 333 g/mol. The number of Topliss-reactive ketones (excluding diaryl/α,β-unsaturated/α-hetero) is 2. The lowest BCUT2D eigenvalue weighted by molar-refractivity contribution is 0.0903. The number of benzene rings is 2. The highest BCUT2D eigenvalue weighted by Gasteiger charge is 2.06. The second-order valence-electron chi connectivity index (χ2n) is 4.29. The Morgan fingerprint density at radius 2 is 1.20 bits per heavy atom. The summed E-state index contributed by atoms with van der Waals surface area (Å²) in [4.78, 5) is 22.8.